The van der Waals surface area contributed by atoms with Gasteiger partial charge in [0.15, 0.2) is 12.0 Å². The number of furan rings is 1. The van der Waals surface area contributed by atoms with Crippen LogP contribution in [-0.4, -0.2) is 6.29 Å². The molecule has 0 atom stereocenters. The predicted molar refractivity (Wildman–Crippen MR) is 189 cm³/mol. The van der Waals surface area contributed by atoms with Crippen LogP contribution in [0.5, 0.6) is 0 Å². The van der Waals surface area contributed by atoms with Crippen LogP contribution in [0, 0.1) is 0 Å². The molecule has 1 heterocycles. The van der Waals surface area contributed by atoms with E-state index in [9.17, 15) is 4.79 Å². The van der Waals surface area contributed by atoms with Gasteiger partial charge in [0.1, 0.15) is 5.76 Å². The van der Waals surface area contributed by atoms with Crippen molar-refractivity contribution >= 4 is 34.5 Å². The van der Waals surface area contributed by atoms with Gasteiger partial charge in [0.25, 0.3) is 0 Å². The van der Waals surface area contributed by atoms with Gasteiger partial charge < -0.3 is 9.32 Å². The molecule has 1 aromatic heterocycles. The van der Waals surface area contributed by atoms with E-state index in [0.29, 0.717) is 11.5 Å². The molecule has 0 N–H and O–H groups in total. The second-order valence-electron chi connectivity index (χ2n) is 10.9. The van der Waals surface area contributed by atoms with Gasteiger partial charge in [-0.2, -0.15) is 0 Å². The van der Waals surface area contributed by atoms with Crippen LogP contribution in [0.15, 0.2) is 186 Å². The Bertz CT molecular complexity index is 2020. The van der Waals surface area contributed by atoms with Gasteiger partial charge in [-0.3, -0.25) is 4.79 Å². The average molecular weight is 594 g/mol. The zero-order valence-electron chi connectivity index (χ0n) is 25.2. The minimum Gasteiger partial charge on any atom is -0.453 e. The molecule has 0 unspecified atom stereocenters. The smallest absolute Gasteiger partial charge is 0.185 e. The van der Waals surface area contributed by atoms with Gasteiger partial charge in [-0.05, 0) is 94.1 Å². The van der Waals surface area contributed by atoms with Crippen molar-refractivity contribution in [2.75, 3.05) is 4.90 Å². The van der Waals surface area contributed by atoms with Crippen LogP contribution in [0.25, 0.3) is 22.5 Å². The minimum atomic E-state index is 0.316. The van der Waals surface area contributed by atoms with Gasteiger partial charge in [0.05, 0.1) is 0 Å². The molecule has 0 spiro atoms. The third-order valence-corrected chi connectivity index (χ3v) is 8.02. The molecule has 0 bridgehead atoms. The molecule has 0 fully saturated rings. The Hall–Kier alpha value is -6.19. The van der Waals surface area contributed by atoms with E-state index >= 15 is 0 Å². The van der Waals surface area contributed by atoms with Crippen molar-refractivity contribution < 1.29 is 9.21 Å². The van der Waals surface area contributed by atoms with Crippen molar-refractivity contribution in [3.05, 3.63) is 210 Å². The molecule has 46 heavy (non-hydrogen) atoms. The molecule has 7 aromatic rings. The normalized spacial score (nSPS) is 10.7. The minimum absolute atomic E-state index is 0.316. The number of carbonyl (C=O) groups is 1. The lowest BCUT2D eigenvalue weighted by atomic mass is 9.86. The standard InChI is InChI=1S/C43H31NO2/c45-31-40-29-30-41(46-40)32-21-25-38(26-22-32)44(37-19-11-4-12-20-37)39-27-23-36(24-28-39)43(35-17-9-3-10-18-35)42(33-13-5-1-6-14-33)34-15-7-2-8-16-34/h1-31H. The van der Waals surface area contributed by atoms with E-state index in [1.54, 1.807) is 6.07 Å². The first-order chi connectivity index (χ1) is 22.8. The topological polar surface area (TPSA) is 33.5 Å². The van der Waals surface area contributed by atoms with Crippen LogP contribution in [-0.2, 0) is 0 Å². The molecule has 0 radical (unpaired) electrons. The Kier molecular flexibility index (Phi) is 8.20. The van der Waals surface area contributed by atoms with Gasteiger partial charge in [-0.1, -0.05) is 121 Å². The van der Waals surface area contributed by atoms with E-state index in [4.69, 9.17) is 4.42 Å². The Balaban J connectivity index is 1.35. The fourth-order valence-electron chi connectivity index (χ4n) is 5.87. The van der Waals surface area contributed by atoms with Crippen LogP contribution in [0.2, 0.25) is 0 Å². The highest BCUT2D eigenvalue weighted by molar-refractivity contribution is 6.04. The van der Waals surface area contributed by atoms with E-state index in [1.165, 1.54) is 22.3 Å². The molecule has 3 nitrogen and oxygen atoms in total. The number of nitrogens with zero attached hydrogens (tertiary/aromatic N) is 1. The Morgan fingerprint density at radius 3 is 1.24 bits per heavy atom. The molecule has 3 heteroatoms. The molecule has 0 aliphatic carbocycles. The Labute approximate surface area is 269 Å². The summed E-state index contributed by atoms with van der Waals surface area (Å²) in [4.78, 5) is 13.4. The Morgan fingerprint density at radius 1 is 0.413 bits per heavy atom. The maximum absolute atomic E-state index is 11.1. The molecular formula is C43H31NO2. The van der Waals surface area contributed by atoms with Crippen molar-refractivity contribution in [3.63, 3.8) is 0 Å². The summed E-state index contributed by atoms with van der Waals surface area (Å²) in [5, 5.41) is 0. The number of hydrogen-bond acceptors (Lipinski definition) is 3. The lowest BCUT2D eigenvalue weighted by Gasteiger charge is -2.26. The van der Waals surface area contributed by atoms with Crippen LogP contribution < -0.4 is 4.90 Å². The summed E-state index contributed by atoms with van der Waals surface area (Å²) in [5.74, 6) is 0.980. The zero-order chi connectivity index (χ0) is 31.1. The summed E-state index contributed by atoms with van der Waals surface area (Å²) in [6.07, 6.45) is 0.722. The summed E-state index contributed by atoms with van der Waals surface area (Å²) in [6, 6.07) is 62.8. The maximum atomic E-state index is 11.1. The third-order valence-electron chi connectivity index (χ3n) is 8.02. The van der Waals surface area contributed by atoms with Crippen molar-refractivity contribution in [2.45, 2.75) is 0 Å². The highest BCUT2D eigenvalue weighted by atomic mass is 16.3. The molecule has 220 valence electrons. The summed E-state index contributed by atoms with van der Waals surface area (Å²) >= 11 is 0. The number of carbonyl (C=O) groups excluding carboxylic acids is 1. The molecule has 6 aromatic carbocycles. The largest absolute Gasteiger partial charge is 0.453 e. The summed E-state index contributed by atoms with van der Waals surface area (Å²) in [5.41, 5.74) is 11.0. The van der Waals surface area contributed by atoms with Crippen LogP contribution in [0.3, 0.4) is 0 Å². The quantitative estimate of drug-likeness (QED) is 0.123. The SMILES string of the molecule is O=Cc1ccc(-c2ccc(N(c3ccccc3)c3ccc(C(=C(c4ccccc4)c4ccccc4)c4ccccc4)cc3)cc2)o1. The Morgan fingerprint density at radius 2 is 0.804 bits per heavy atom. The number of benzene rings is 6. The van der Waals surface area contributed by atoms with Gasteiger partial charge in [0.2, 0.25) is 0 Å². The monoisotopic (exact) mass is 593 g/mol. The molecule has 0 saturated heterocycles. The van der Waals surface area contributed by atoms with Crippen molar-refractivity contribution in [1.82, 2.24) is 0 Å². The number of para-hydroxylation sites is 1. The van der Waals surface area contributed by atoms with Crippen LogP contribution in [0.1, 0.15) is 32.8 Å². The van der Waals surface area contributed by atoms with E-state index in [-0.39, 0.29) is 0 Å². The van der Waals surface area contributed by atoms with Gasteiger partial charge >= 0.3 is 0 Å². The molecular weight excluding hydrogens is 562 g/mol. The van der Waals surface area contributed by atoms with Gasteiger partial charge in [0, 0.05) is 22.6 Å². The van der Waals surface area contributed by atoms with E-state index in [2.05, 4.69) is 157 Å². The number of rotatable bonds is 9. The third kappa shape index (κ3) is 5.95. The van der Waals surface area contributed by atoms with E-state index in [1.807, 2.05) is 24.3 Å². The molecule has 7 rings (SSSR count). The lowest BCUT2D eigenvalue weighted by molar-refractivity contribution is 0.110. The van der Waals surface area contributed by atoms with Crippen molar-refractivity contribution in [3.8, 4) is 11.3 Å². The molecule has 0 aliphatic rings. The maximum Gasteiger partial charge on any atom is 0.185 e. The zero-order valence-corrected chi connectivity index (χ0v) is 25.2. The van der Waals surface area contributed by atoms with E-state index in [0.717, 1.165) is 40.0 Å². The first-order valence-electron chi connectivity index (χ1n) is 15.3. The lowest BCUT2D eigenvalue weighted by Crippen LogP contribution is -2.09. The summed E-state index contributed by atoms with van der Waals surface area (Å²) < 4.78 is 5.66. The molecule has 0 aliphatic heterocycles. The second kappa shape index (κ2) is 13.2. The summed E-state index contributed by atoms with van der Waals surface area (Å²) in [6.45, 7) is 0. The number of anilines is 3. The van der Waals surface area contributed by atoms with Crippen molar-refractivity contribution in [2.24, 2.45) is 0 Å². The number of aldehydes is 1. The first-order valence-corrected chi connectivity index (χ1v) is 15.3. The molecule has 0 amide bonds. The predicted octanol–water partition coefficient (Wildman–Crippen LogP) is 11.2. The molecule has 0 saturated carbocycles. The van der Waals surface area contributed by atoms with Crippen molar-refractivity contribution in [1.29, 1.82) is 0 Å². The number of hydrogen-bond donors (Lipinski definition) is 0. The second-order valence-corrected chi connectivity index (χ2v) is 10.9. The van der Waals surface area contributed by atoms with Gasteiger partial charge in [-0.25, -0.2) is 0 Å². The van der Waals surface area contributed by atoms with Crippen LogP contribution in [0.4, 0.5) is 17.1 Å². The average Bonchev–Trinajstić information content (AvgIpc) is 3.63. The summed E-state index contributed by atoms with van der Waals surface area (Å²) in [7, 11) is 0. The fraction of sp³-hybridized carbons (Fsp3) is 0. The van der Waals surface area contributed by atoms with E-state index < -0.39 is 0 Å². The highest BCUT2D eigenvalue weighted by Crippen LogP contribution is 2.40. The fourth-order valence-corrected chi connectivity index (χ4v) is 5.87. The highest BCUT2D eigenvalue weighted by Gasteiger charge is 2.18. The van der Waals surface area contributed by atoms with Crippen LogP contribution >= 0.6 is 0 Å². The van der Waals surface area contributed by atoms with Gasteiger partial charge in [-0.15, -0.1) is 0 Å². The first kappa shape index (κ1) is 28.6.